The fourth-order valence-electron chi connectivity index (χ4n) is 1.40. The minimum atomic E-state index is -1.01. The minimum absolute atomic E-state index is 0.0208. The number of aromatic nitrogens is 2. The maximum atomic E-state index is 10.6. The van der Waals surface area contributed by atoms with Gasteiger partial charge in [-0.05, 0) is 18.1 Å². The Morgan fingerprint density at radius 3 is 2.30 bits per heavy atom. The quantitative estimate of drug-likeness (QED) is 0.768. The lowest BCUT2D eigenvalue weighted by Crippen LogP contribution is -2.34. The van der Waals surface area contributed by atoms with E-state index in [9.17, 15) is 9.59 Å². The van der Waals surface area contributed by atoms with E-state index in [1.54, 1.807) is 32.0 Å². The second-order valence-electron chi connectivity index (χ2n) is 4.49. The number of fused-ring (bicyclic) bond motifs is 1. The van der Waals surface area contributed by atoms with Crippen LogP contribution in [-0.4, -0.2) is 37.9 Å². The van der Waals surface area contributed by atoms with Gasteiger partial charge in [0.25, 0.3) is 0 Å². The summed E-state index contributed by atoms with van der Waals surface area (Å²) in [5.41, 5.74) is 6.47. The molecular weight excluding hydrogens is 262 g/mol. The van der Waals surface area contributed by atoms with Crippen LogP contribution >= 0.6 is 0 Å². The number of para-hydroxylation sites is 2. The van der Waals surface area contributed by atoms with E-state index in [-0.39, 0.29) is 5.92 Å². The van der Waals surface area contributed by atoms with Crippen LogP contribution in [0.2, 0.25) is 0 Å². The van der Waals surface area contributed by atoms with E-state index in [4.69, 9.17) is 15.9 Å². The molecule has 0 aliphatic carbocycles. The predicted molar refractivity (Wildman–Crippen MR) is 73.6 cm³/mol. The second kappa shape index (κ2) is 6.67. The van der Waals surface area contributed by atoms with E-state index in [1.807, 2.05) is 6.07 Å². The molecule has 1 aromatic heterocycles. The van der Waals surface area contributed by atoms with Crippen molar-refractivity contribution in [3.8, 4) is 0 Å². The molecule has 0 saturated heterocycles. The summed E-state index contributed by atoms with van der Waals surface area (Å²) in [6, 6.07) is 6.38. The lowest BCUT2D eigenvalue weighted by molar-refractivity contribution is -0.139. The fraction of sp³-hybridized carbons (Fsp3) is 0.308. The first-order chi connectivity index (χ1) is 9.34. The zero-order valence-electron chi connectivity index (χ0n) is 11.2. The van der Waals surface area contributed by atoms with Crippen LogP contribution in [0.3, 0.4) is 0 Å². The van der Waals surface area contributed by atoms with E-state index in [1.165, 1.54) is 6.33 Å². The van der Waals surface area contributed by atoms with Crippen LogP contribution in [0.4, 0.5) is 4.79 Å². The summed E-state index contributed by atoms with van der Waals surface area (Å²) < 4.78 is 1.09. The standard InChI is InChI=1S/C8H6N2O2.C5H11NO2/c11-8(12)10-5-9-6-3-1-2-4-7(6)10;1-3(2)4(6)5(7)8/h1-5H,(H,11,12);3-4H,6H2,1-2H3,(H,7,8)/t;4-/m.0/s1. The van der Waals surface area contributed by atoms with Crippen molar-refractivity contribution in [1.82, 2.24) is 9.55 Å². The van der Waals surface area contributed by atoms with Crippen LogP contribution in [0, 0.1) is 5.92 Å². The SMILES string of the molecule is CC(C)[C@H](N)C(=O)O.O=C(O)n1cnc2ccccc21. The molecule has 20 heavy (non-hydrogen) atoms. The number of carboxylic acid groups (broad SMARTS) is 2. The highest BCUT2D eigenvalue weighted by Gasteiger charge is 2.14. The van der Waals surface area contributed by atoms with Gasteiger partial charge in [0.2, 0.25) is 0 Å². The van der Waals surface area contributed by atoms with Crippen molar-refractivity contribution in [3.05, 3.63) is 30.6 Å². The number of aliphatic carboxylic acids is 1. The molecule has 0 radical (unpaired) electrons. The van der Waals surface area contributed by atoms with Gasteiger partial charge in [0.15, 0.2) is 0 Å². The Kier molecular flexibility index (Phi) is 5.22. The predicted octanol–water partition coefficient (Wildman–Crippen LogP) is 1.62. The van der Waals surface area contributed by atoms with E-state index in [0.29, 0.717) is 11.0 Å². The first kappa shape index (κ1) is 15.6. The summed E-state index contributed by atoms with van der Waals surface area (Å²) >= 11 is 0. The number of nitrogens with two attached hydrogens (primary N) is 1. The summed E-state index contributed by atoms with van der Waals surface area (Å²) in [5, 5.41) is 16.9. The Morgan fingerprint density at radius 1 is 1.25 bits per heavy atom. The number of hydrogen-bond acceptors (Lipinski definition) is 4. The molecular formula is C13H17N3O4. The highest BCUT2D eigenvalue weighted by atomic mass is 16.4. The average Bonchev–Trinajstić information content (AvgIpc) is 2.82. The van der Waals surface area contributed by atoms with Gasteiger partial charge in [-0.15, -0.1) is 0 Å². The van der Waals surface area contributed by atoms with E-state index in [2.05, 4.69) is 4.98 Å². The van der Waals surface area contributed by atoms with Gasteiger partial charge in [0, 0.05) is 0 Å². The first-order valence-electron chi connectivity index (χ1n) is 5.98. The number of carboxylic acids is 1. The Balaban J connectivity index is 0.000000221. The molecule has 2 aromatic rings. The number of hydrogen-bond donors (Lipinski definition) is 3. The maximum absolute atomic E-state index is 10.6. The van der Waals surface area contributed by atoms with Crippen LogP contribution in [0.5, 0.6) is 0 Å². The third-order valence-corrected chi connectivity index (χ3v) is 2.66. The van der Waals surface area contributed by atoms with Gasteiger partial charge in [0.1, 0.15) is 12.4 Å². The Labute approximate surface area is 115 Å². The zero-order valence-corrected chi connectivity index (χ0v) is 11.2. The molecule has 0 bridgehead atoms. The molecule has 0 unspecified atom stereocenters. The zero-order chi connectivity index (χ0) is 15.3. The van der Waals surface area contributed by atoms with Crippen molar-refractivity contribution < 1.29 is 19.8 Å². The van der Waals surface area contributed by atoms with Gasteiger partial charge < -0.3 is 15.9 Å². The molecule has 4 N–H and O–H groups in total. The van der Waals surface area contributed by atoms with Crippen molar-refractivity contribution in [2.45, 2.75) is 19.9 Å². The number of rotatable bonds is 2. The summed E-state index contributed by atoms with van der Waals surface area (Å²) in [6.07, 6.45) is 0.288. The Morgan fingerprint density at radius 2 is 1.85 bits per heavy atom. The van der Waals surface area contributed by atoms with Crippen LogP contribution in [-0.2, 0) is 4.79 Å². The molecule has 1 heterocycles. The third kappa shape index (κ3) is 3.79. The number of nitrogens with zero attached hydrogens (tertiary/aromatic N) is 2. The molecule has 0 aliphatic rings. The molecule has 0 saturated carbocycles. The normalized spacial score (nSPS) is 11.8. The van der Waals surface area contributed by atoms with Gasteiger partial charge in [0.05, 0.1) is 11.0 Å². The van der Waals surface area contributed by atoms with Crippen LogP contribution in [0.25, 0.3) is 11.0 Å². The molecule has 2 rings (SSSR count). The highest BCUT2D eigenvalue weighted by Crippen LogP contribution is 2.10. The van der Waals surface area contributed by atoms with Crippen molar-refractivity contribution >= 4 is 23.1 Å². The topological polar surface area (TPSA) is 118 Å². The van der Waals surface area contributed by atoms with Crippen LogP contribution in [0.1, 0.15) is 13.8 Å². The molecule has 0 aliphatic heterocycles. The van der Waals surface area contributed by atoms with Crippen molar-refractivity contribution in [1.29, 1.82) is 0 Å². The highest BCUT2D eigenvalue weighted by molar-refractivity contribution is 5.85. The van der Waals surface area contributed by atoms with Crippen molar-refractivity contribution in [2.75, 3.05) is 0 Å². The molecule has 0 fully saturated rings. The maximum Gasteiger partial charge on any atom is 0.417 e. The summed E-state index contributed by atoms with van der Waals surface area (Å²) in [6.45, 7) is 3.55. The Hall–Kier alpha value is -2.41. The minimum Gasteiger partial charge on any atom is -0.480 e. The van der Waals surface area contributed by atoms with Crippen LogP contribution in [0.15, 0.2) is 30.6 Å². The van der Waals surface area contributed by atoms with Gasteiger partial charge in [-0.3, -0.25) is 4.79 Å². The lowest BCUT2D eigenvalue weighted by Gasteiger charge is -2.07. The number of imidazole rings is 1. The number of benzene rings is 1. The van der Waals surface area contributed by atoms with Gasteiger partial charge in [-0.25, -0.2) is 14.3 Å². The Bertz CT molecular complexity index is 606. The molecule has 1 aromatic carbocycles. The second-order valence-corrected chi connectivity index (χ2v) is 4.49. The summed E-state index contributed by atoms with van der Waals surface area (Å²) in [4.78, 5) is 24.5. The van der Waals surface area contributed by atoms with Gasteiger partial charge >= 0.3 is 12.1 Å². The molecule has 0 amide bonds. The van der Waals surface area contributed by atoms with Gasteiger partial charge in [-0.2, -0.15) is 0 Å². The monoisotopic (exact) mass is 279 g/mol. The molecule has 0 spiro atoms. The van der Waals surface area contributed by atoms with Crippen molar-refractivity contribution in [3.63, 3.8) is 0 Å². The fourth-order valence-corrected chi connectivity index (χ4v) is 1.40. The average molecular weight is 279 g/mol. The largest absolute Gasteiger partial charge is 0.480 e. The van der Waals surface area contributed by atoms with E-state index >= 15 is 0 Å². The van der Waals surface area contributed by atoms with E-state index in [0.717, 1.165) is 4.57 Å². The summed E-state index contributed by atoms with van der Waals surface area (Å²) in [5.74, 6) is -0.910. The van der Waals surface area contributed by atoms with E-state index < -0.39 is 18.1 Å². The third-order valence-electron chi connectivity index (χ3n) is 2.66. The van der Waals surface area contributed by atoms with Crippen molar-refractivity contribution in [2.24, 2.45) is 11.7 Å². The lowest BCUT2D eigenvalue weighted by atomic mass is 10.1. The smallest absolute Gasteiger partial charge is 0.417 e. The molecule has 1 atom stereocenters. The molecule has 7 nitrogen and oxygen atoms in total. The van der Waals surface area contributed by atoms with Crippen LogP contribution < -0.4 is 5.73 Å². The molecule has 7 heteroatoms. The summed E-state index contributed by atoms with van der Waals surface area (Å²) in [7, 11) is 0. The first-order valence-corrected chi connectivity index (χ1v) is 5.98. The van der Waals surface area contributed by atoms with Gasteiger partial charge in [-0.1, -0.05) is 26.0 Å². The number of carbonyl (C=O) groups is 2. The molecule has 108 valence electrons.